The lowest BCUT2D eigenvalue weighted by atomic mass is 10.0. The lowest BCUT2D eigenvalue weighted by Crippen LogP contribution is -2.18. The fourth-order valence-corrected chi connectivity index (χ4v) is 2.88. The number of hydrogen-bond donors (Lipinski definition) is 1. The molecular weight excluding hydrogens is 260 g/mol. The predicted molar refractivity (Wildman–Crippen MR) is 86.4 cm³/mol. The zero-order valence-electron chi connectivity index (χ0n) is 13.0. The Hall–Kier alpha value is -1.69. The summed E-state index contributed by atoms with van der Waals surface area (Å²) in [6, 6.07) is 10.9. The van der Waals surface area contributed by atoms with E-state index < -0.39 is 0 Å². The molecule has 0 saturated heterocycles. The van der Waals surface area contributed by atoms with Crippen LogP contribution in [0.5, 0.6) is 5.75 Å². The van der Waals surface area contributed by atoms with E-state index in [1.54, 1.807) is 0 Å². The van der Waals surface area contributed by atoms with E-state index >= 15 is 0 Å². The average Bonchev–Trinajstić information content (AvgIpc) is 2.69. The van der Waals surface area contributed by atoms with Crippen LogP contribution in [-0.2, 0) is 0 Å². The summed E-state index contributed by atoms with van der Waals surface area (Å²) in [5.74, 6) is 1.76. The molecule has 1 aliphatic carbocycles. The van der Waals surface area contributed by atoms with E-state index in [2.05, 4.69) is 30.4 Å². The summed E-state index contributed by atoms with van der Waals surface area (Å²) in [6.07, 6.45) is 7.87. The first kappa shape index (κ1) is 15.7. The molecule has 0 radical (unpaired) electrons. The molecule has 2 atom stereocenters. The summed E-state index contributed by atoms with van der Waals surface area (Å²) in [4.78, 5) is 0. The van der Waals surface area contributed by atoms with Crippen LogP contribution in [0.2, 0.25) is 0 Å². The molecule has 3 nitrogen and oxygen atoms in total. The molecule has 1 N–H and O–H groups in total. The Morgan fingerprint density at radius 3 is 3.05 bits per heavy atom. The number of unbranched alkanes of at least 4 members (excludes halogenated alkanes) is 1. The fraction of sp³-hybridized carbons (Fsp3) is 0.611. The van der Waals surface area contributed by atoms with Gasteiger partial charge in [-0.25, -0.2) is 0 Å². The molecule has 1 fully saturated rings. The van der Waals surface area contributed by atoms with E-state index in [9.17, 15) is 0 Å². The average molecular weight is 286 g/mol. The molecule has 0 amide bonds. The number of nitriles is 1. The number of rotatable bonds is 6. The third-order valence-corrected chi connectivity index (χ3v) is 4.16. The van der Waals surface area contributed by atoms with Gasteiger partial charge >= 0.3 is 0 Å². The normalized spacial score (nSPS) is 22.1. The van der Waals surface area contributed by atoms with Crippen LogP contribution in [0.25, 0.3) is 0 Å². The van der Waals surface area contributed by atoms with Gasteiger partial charge in [0.25, 0.3) is 0 Å². The van der Waals surface area contributed by atoms with Crippen molar-refractivity contribution >= 4 is 5.69 Å². The molecule has 0 bridgehead atoms. The Morgan fingerprint density at radius 1 is 1.29 bits per heavy atom. The third-order valence-electron chi connectivity index (χ3n) is 4.16. The second-order valence-corrected chi connectivity index (χ2v) is 6.09. The van der Waals surface area contributed by atoms with Gasteiger partial charge in [0, 0.05) is 24.2 Å². The highest BCUT2D eigenvalue weighted by Crippen LogP contribution is 2.26. The lowest BCUT2D eigenvalue weighted by molar-refractivity contribution is 0.313. The van der Waals surface area contributed by atoms with E-state index in [0.29, 0.717) is 19.1 Å². The molecule has 3 heteroatoms. The number of ether oxygens (including phenoxy) is 1. The largest absolute Gasteiger partial charge is 0.493 e. The third kappa shape index (κ3) is 5.67. The molecule has 2 rings (SSSR count). The Bertz CT molecular complexity index is 467. The second-order valence-electron chi connectivity index (χ2n) is 6.09. The molecule has 114 valence electrons. The van der Waals surface area contributed by atoms with Crippen LogP contribution < -0.4 is 10.1 Å². The summed E-state index contributed by atoms with van der Waals surface area (Å²) < 4.78 is 5.69. The number of benzene rings is 1. The van der Waals surface area contributed by atoms with Crippen LogP contribution in [0, 0.1) is 17.2 Å². The highest BCUT2D eigenvalue weighted by atomic mass is 16.5. The van der Waals surface area contributed by atoms with Gasteiger partial charge in [0.05, 0.1) is 12.7 Å². The first-order chi connectivity index (χ1) is 10.3. The van der Waals surface area contributed by atoms with Gasteiger partial charge in [-0.05, 0) is 43.7 Å². The van der Waals surface area contributed by atoms with Crippen molar-refractivity contribution in [2.24, 2.45) is 5.92 Å². The predicted octanol–water partition coefficient (Wildman–Crippen LogP) is 4.75. The smallest absolute Gasteiger partial charge is 0.121 e. The SMILES string of the molecule is CC1CCCC(Nc2cccc(OCCCC#N)c2)CC1. The minimum atomic E-state index is 0.554. The van der Waals surface area contributed by atoms with Crippen LogP contribution in [0.4, 0.5) is 5.69 Å². The van der Waals surface area contributed by atoms with Crippen LogP contribution in [0.15, 0.2) is 24.3 Å². The summed E-state index contributed by atoms with van der Waals surface area (Å²) >= 11 is 0. The first-order valence-corrected chi connectivity index (χ1v) is 8.14. The Labute approximate surface area is 128 Å². The Balaban J connectivity index is 1.84. The summed E-state index contributed by atoms with van der Waals surface area (Å²) in [5.41, 5.74) is 1.15. The topological polar surface area (TPSA) is 45.0 Å². The zero-order chi connectivity index (χ0) is 14.9. The second kappa shape index (κ2) is 8.56. The molecule has 1 aromatic carbocycles. The molecule has 0 aromatic heterocycles. The minimum Gasteiger partial charge on any atom is -0.493 e. The van der Waals surface area contributed by atoms with Crippen LogP contribution in [-0.4, -0.2) is 12.6 Å². The monoisotopic (exact) mass is 286 g/mol. The van der Waals surface area contributed by atoms with Gasteiger partial charge in [-0.15, -0.1) is 0 Å². The number of hydrogen-bond acceptors (Lipinski definition) is 3. The first-order valence-electron chi connectivity index (χ1n) is 8.14. The van der Waals surface area contributed by atoms with Crippen molar-refractivity contribution in [1.82, 2.24) is 0 Å². The molecule has 0 spiro atoms. The number of nitrogens with one attached hydrogen (secondary N) is 1. The zero-order valence-corrected chi connectivity index (χ0v) is 13.0. The van der Waals surface area contributed by atoms with Gasteiger partial charge in [-0.1, -0.05) is 25.8 Å². The van der Waals surface area contributed by atoms with E-state index in [1.807, 2.05) is 12.1 Å². The van der Waals surface area contributed by atoms with E-state index in [4.69, 9.17) is 10.00 Å². The van der Waals surface area contributed by atoms with E-state index in [1.165, 1.54) is 32.1 Å². The summed E-state index contributed by atoms with van der Waals surface area (Å²) in [6.45, 7) is 2.97. The number of anilines is 1. The van der Waals surface area contributed by atoms with E-state index in [-0.39, 0.29) is 0 Å². The molecule has 2 unspecified atom stereocenters. The molecule has 1 aliphatic rings. The van der Waals surface area contributed by atoms with Crippen molar-refractivity contribution in [2.45, 2.75) is 57.9 Å². The van der Waals surface area contributed by atoms with Gasteiger partial charge in [0.15, 0.2) is 0 Å². The quantitative estimate of drug-likeness (QED) is 0.606. The molecular formula is C18H26N2O. The standard InChI is InChI=1S/C18H26N2O/c1-15-6-4-7-16(11-10-15)20-17-8-5-9-18(14-17)21-13-3-2-12-19/h5,8-9,14-16,20H,2-4,6-7,10-11,13H2,1H3. The van der Waals surface area contributed by atoms with Gasteiger partial charge in [-0.2, -0.15) is 5.26 Å². The van der Waals surface area contributed by atoms with Crippen molar-refractivity contribution in [1.29, 1.82) is 5.26 Å². The summed E-state index contributed by atoms with van der Waals surface area (Å²) in [7, 11) is 0. The highest BCUT2D eigenvalue weighted by Gasteiger charge is 2.15. The maximum atomic E-state index is 8.52. The van der Waals surface area contributed by atoms with Gasteiger partial charge < -0.3 is 10.1 Å². The molecule has 0 aliphatic heterocycles. The van der Waals surface area contributed by atoms with Crippen molar-refractivity contribution in [2.75, 3.05) is 11.9 Å². The molecule has 21 heavy (non-hydrogen) atoms. The molecule has 0 heterocycles. The van der Waals surface area contributed by atoms with Crippen LogP contribution in [0.3, 0.4) is 0 Å². The van der Waals surface area contributed by atoms with Crippen LogP contribution in [0.1, 0.15) is 51.9 Å². The van der Waals surface area contributed by atoms with Crippen molar-refractivity contribution in [3.8, 4) is 11.8 Å². The molecule has 1 saturated carbocycles. The fourth-order valence-electron chi connectivity index (χ4n) is 2.88. The maximum Gasteiger partial charge on any atom is 0.121 e. The van der Waals surface area contributed by atoms with Crippen molar-refractivity contribution in [3.05, 3.63) is 24.3 Å². The maximum absolute atomic E-state index is 8.52. The van der Waals surface area contributed by atoms with E-state index in [0.717, 1.165) is 23.8 Å². The minimum absolute atomic E-state index is 0.554. The van der Waals surface area contributed by atoms with Gasteiger partial charge in [0.2, 0.25) is 0 Å². The Kier molecular flexibility index (Phi) is 6.40. The number of nitrogens with zero attached hydrogens (tertiary/aromatic N) is 1. The van der Waals surface area contributed by atoms with Gasteiger partial charge in [0.1, 0.15) is 5.75 Å². The lowest BCUT2D eigenvalue weighted by Gasteiger charge is -2.18. The van der Waals surface area contributed by atoms with Gasteiger partial charge in [-0.3, -0.25) is 0 Å². The summed E-state index contributed by atoms with van der Waals surface area (Å²) in [5, 5.41) is 12.2. The molecule has 1 aromatic rings. The van der Waals surface area contributed by atoms with Crippen LogP contribution >= 0.6 is 0 Å². The van der Waals surface area contributed by atoms with Crippen molar-refractivity contribution in [3.63, 3.8) is 0 Å². The highest BCUT2D eigenvalue weighted by molar-refractivity contribution is 5.48. The van der Waals surface area contributed by atoms with Crippen molar-refractivity contribution < 1.29 is 4.74 Å². The Morgan fingerprint density at radius 2 is 2.19 bits per heavy atom.